The number of aromatic nitrogens is 4. The standard InChI is InChI=1S/C21H15N7O/c22-12-15-10-17(7-9-24-15)29-16-5-3-14(4-6-16)28-20-11-19(26-13-27-20)18-2-1-8-25-21(18)23/h1-11,13H,(H2,23,25)(H,26,27,28). The molecule has 0 spiro atoms. The SMILES string of the molecule is N#Cc1cc(Oc2ccc(Nc3cc(-c4cccnc4N)ncn3)cc2)ccn1. The predicted octanol–water partition coefficient (Wildman–Crippen LogP) is 3.92. The van der Waals surface area contributed by atoms with Crippen LogP contribution in [0.25, 0.3) is 11.3 Å². The number of hydrogen-bond donors (Lipinski definition) is 2. The zero-order valence-corrected chi connectivity index (χ0v) is 15.1. The van der Waals surface area contributed by atoms with Gasteiger partial charge in [0.15, 0.2) is 0 Å². The first-order valence-electron chi connectivity index (χ1n) is 8.65. The number of rotatable bonds is 5. The number of nitrogens with two attached hydrogens (primary N) is 1. The summed E-state index contributed by atoms with van der Waals surface area (Å²) in [5.41, 5.74) is 8.48. The Labute approximate surface area is 166 Å². The van der Waals surface area contributed by atoms with Crippen molar-refractivity contribution < 1.29 is 4.74 Å². The largest absolute Gasteiger partial charge is 0.457 e. The third-order valence-corrected chi connectivity index (χ3v) is 3.99. The van der Waals surface area contributed by atoms with Crippen LogP contribution in [0.1, 0.15) is 5.69 Å². The van der Waals surface area contributed by atoms with E-state index < -0.39 is 0 Å². The van der Waals surface area contributed by atoms with Gasteiger partial charge >= 0.3 is 0 Å². The number of nitriles is 1. The number of nitrogens with one attached hydrogen (secondary N) is 1. The topological polar surface area (TPSA) is 123 Å². The summed E-state index contributed by atoms with van der Waals surface area (Å²) in [7, 11) is 0. The molecule has 0 bridgehead atoms. The van der Waals surface area contributed by atoms with Gasteiger partial charge in [-0.05, 0) is 42.5 Å². The van der Waals surface area contributed by atoms with Gasteiger partial charge in [0.1, 0.15) is 41.2 Å². The van der Waals surface area contributed by atoms with Gasteiger partial charge in [-0.15, -0.1) is 0 Å². The Hall–Kier alpha value is -4.51. The number of pyridine rings is 2. The van der Waals surface area contributed by atoms with Crippen LogP contribution in [-0.2, 0) is 0 Å². The van der Waals surface area contributed by atoms with Crippen molar-refractivity contribution in [3.05, 3.63) is 79.0 Å². The fourth-order valence-corrected chi connectivity index (χ4v) is 2.63. The Morgan fingerprint density at radius 3 is 2.55 bits per heavy atom. The number of ether oxygens (including phenoxy) is 1. The summed E-state index contributed by atoms with van der Waals surface area (Å²) in [6.07, 6.45) is 4.64. The lowest BCUT2D eigenvalue weighted by molar-refractivity contribution is 0.482. The van der Waals surface area contributed by atoms with Crippen molar-refractivity contribution in [3.8, 4) is 28.8 Å². The van der Waals surface area contributed by atoms with E-state index in [2.05, 4.69) is 25.3 Å². The van der Waals surface area contributed by atoms with Crippen molar-refractivity contribution in [1.82, 2.24) is 19.9 Å². The van der Waals surface area contributed by atoms with Gasteiger partial charge in [0.2, 0.25) is 0 Å². The lowest BCUT2D eigenvalue weighted by Gasteiger charge is -2.09. The molecule has 140 valence electrons. The maximum atomic E-state index is 8.91. The normalized spacial score (nSPS) is 10.2. The summed E-state index contributed by atoms with van der Waals surface area (Å²) in [5, 5.41) is 12.1. The Balaban J connectivity index is 1.48. The monoisotopic (exact) mass is 381 g/mol. The lowest BCUT2D eigenvalue weighted by Crippen LogP contribution is -1.98. The van der Waals surface area contributed by atoms with Crippen molar-refractivity contribution in [2.24, 2.45) is 0 Å². The second-order valence-electron chi connectivity index (χ2n) is 5.96. The number of benzene rings is 1. The zero-order valence-electron chi connectivity index (χ0n) is 15.1. The van der Waals surface area contributed by atoms with Gasteiger partial charge in [0.25, 0.3) is 0 Å². The molecule has 29 heavy (non-hydrogen) atoms. The summed E-state index contributed by atoms with van der Waals surface area (Å²) in [6, 6.07) is 18.1. The molecule has 0 atom stereocenters. The highest BCUT2D eigenvalue weighted by Crippen LogP contribution is 2.26. The Kier molecular flexibility index (Phi) is 4.95. The van der Waals surface area contributed by atoms with E-state index in [1.165, 1.54) is 12.5 Å². The second kappa shape index (κ2) is 8.02. The van der Waals surface area contributed by atoms with E-state index in [1.807, 2.05) is 42.5 Å². The first-order valence-corrected chi connectivity index (χ1v) is 8.65. The van der Waals surface area contributed by atoms with Gasteiger partial charge in [-0.3, -0.25) is 0 Å². The highest BCUT2D eigenvalue weighted by Gasteiger charge is 2.07. The molecule has 0 saturated carbocycles. The number of anilines is 3. The molecule has 4 rings (SSSR count). The van der Waals surface area contributed by atoms with E-state index in [-0.39, 0.29) is 0 Å². The summed E-state index contributed by atoms with van der Waals surface area (Å²) >= 11 is 0. The highest BCUT2D eigenvalue weighted by atomic mass is 16.5. The highest BCUT2D eigenvalue weighted by molar-refractivity contribution is 5.73. The van der Waals surface area contributed by atoms with Crippen LogP contribution in [0, 0.1) is 11.3 Å². The van der Waals surface area contributed by atoms with E-state index >= 15 is 0 Å². The molecule has 0 aliphatic heterocycles. The van der Waals surface area contributed by atoms with Crippen LogP contribution in [0.2, 0.25) is 0 Å². The average molecular weight is 381 g/mol. The zero-order chi connectivity index (χ0) is 20.1. The summed E-state index contributed by atoms with van der Waals surface area (Å²) in [5.74, 6) is 2.22. The van der Waals surface area contributed by atoms with E-state index in [9.17, 15) is 0 Å². The lowest BCUT2D eigenvalue weighted by atomic mass is 10.2. The molecule has 4 aromatic rings. The molecule has 3 N–H and O–H groups in total. The van der Waals surface area contributed by atoms with Crippen LogP contribution in [-0.4, -0.2) is 19.9 Å². The maximum absolute atomic E-state index is 8.91. The summed E-state index contributed by atoms with van der Waals surface area (Å²) in [6.45, 7) is 0. The maximum Gasteiger partial charge on any atom is 0.144 e. The van der Waals surface area contributed by atoms with Crippen molar-refractivity contribution in [2.75, 3.05) is 11.1 Å². The van der Waals surface area contributed by atoms with Crippen LogP contribution >= 0.6 is 0 Å². The third-order valence-electron chi connectivity index (χ3n) is 3.99. The molecule has 8 nitrogen and oxygen atoms in total. The number of nitrogens with zero attached hydrogens (tertiary/aromatic N) is 5. The molecule has 0 aliphatic carbocycles. The minimum absolute atomic E-state index is 0.301. The average Bonchev–Trinajstić information content (AvgIpc) is 2.76. The third kappa shape index (κ3) is 4.26. The molecule has 8 heteroatoms. The van der Waals surface area contributed by atoms with Gasteiger partial charge in [0.05, 0.1) is 5.69 Å². The smallest absolute Gasteiger partial charge is 0.144 e. The molecule has 0 unspecified atom stereocenters. The molecule has 1 aromatic carbocycles. The molecular formula is C21H15N7O. The quantitative estimate of drug-likeness (QED) is 0.533. The first kappa shape index (κ1) is 17.9. The Morgan fingerprint density at radius 1 is 0.897 bits per heavy atom. The fraction of sp³-hybridized carbons (Fsp3) is 0. The number of nitrogen functional groups attached to an aromatic ring is 1. The van der Waals surface area contributed by atoms with Crippen LogP contribution in [0.15, 0.2) is 73.3 Å². The molecule has 0 fully saturated rings. The molecule has 0 amide bonds. The van der Waals surface area contributed by atoms with Gasteiger partial charge < -0.3 is 15.8 Å². The van der Waals surface area contributed by atoms with E-state index in [1.54, 1.807) is 24.4 Å². The second-order valence-corrected chi connectivity index (χ2v) is 5.96. The number of hydrogen-bond acceptors (Lipinski definition) is 8. The van der Waals surface area contributed by atoms with E-state index in [4.69, 9.17) is 15.7 Å². The van der Waals surface area contributed by atoms with Crippen molar-refractivity contribution in [3.63, 3.8) is 0 Å². The summed E-state index contributed by atoms with van der Waals surface area (Å²) in [4.78, 5) is 16.5. The van der Waals surface area contributed by atoms with Gasteiger partial charge in [-0.1, -0.05) is 0 Å². The van der Waals surface area contributed by atoms with Crippen LogP contribution < -0.4 is 15.8 Å². The van der Waals surface area contributed by atoms with Gasteiger partial charge in [-0.25, -0.2) is 19.9 Å². The summed E-state index contributed by atoms with van der Waals surface area (Å²) < 4.78 is 5.75. The molecule has 3 heterocycles. The molecule has 0 radical (unpaired) electrons. The van der Waals surface area contributed by atoms with E-state index in [0.29, 0.717) is 34.5 Å². The minimum atomic E-state index is 0.301. The van der Waals surface area contributed by atoms with E-state index in [0.717, 1.165) is 11.3 Å². The molecule has 0 saturated heterocycles. The first-order chi connectivity index (χ1) is 14.2. The van der Waals surface area contributed by atoms with Gasteiger partial charge in [-0.2, -0.15) is 5.26 Å². The molecular weight excluding hydrogens is 366 g/mol. The van der Waals surface area contributed by atoms with Crippen molar-refractivity contribution in [1.29, 1.82) is 5.26 Å². The van der Waals surface area contributed by atoms with Crippen molar-refractivity contribution in [2.45, 2.75) is 0 Å². The molecule has 0 aliphatic rings. The van der Waals surface area contributed by atoms with Crippen molar-refractivity contribution >= 4 is 17.3 Å². The van der Waals surface area contributed by atoms with Gasteiger partial charge in [0, 0.05) is 35.8 Å². The Morgan fingerprint density at radius 2 is 1.76 bits per heavy atom. The predicted molar refractivity (Wildman–Crippen MR) is 108 cm³/mol. The van der Waals surface area contributed by atoms with Crippen LogP contribution in [0.3, 0.4) is 0 Å². The van der Waals surface area contributed by atoms with Crippen LogP contribution in [0.5, 0.6) is 11.5 Å². The van der Waals surface area contributed by atoms with Crippen LogP contribution in [0.4, 0.5) is 17.3 Å². The minimum Gasteiger partial charge on any atom is -0.457 e. The Bertz CT molecular complexity index is 1190. The molecule has 3 aromatic heterocycles. The fourth-order valence-electron chi connectivity index (χ4n) is 2.63.